The summed E-state index contributed by atoms with van der Waals surface area (Å²) in [6, 6.07) is -1.90. The van der Waals surface area contributed by atoms with Crippen LogP contribution < -0.4 is 21.4 Å². The molecule has 0 saturated carbocycles. The Morgan fingerprint density at radius 1 is 0.947 bits per heavy atom. The van der Waals surface area contributed by atoms with Gasteiger partial charge in [0, 0.05) is 19.4 Å². The number of ether oxygens (including phenoxy) is 2. The fourth-order valence-electron chi connectivity index (χ4n) is 2.66. The van der Waals surface area contributed by atoms with E-state index >= 15 is 0 Å². The van der Waals surface area contributed by atoms with Crippen LogP contribution in [0.15, 0.2) is 0 Å². The number of carboxylic acids is 1. The van der Waals surface area contributed by atoms with Crippen LogP contribution in [0.25, 0.3) is 0 Å². The van der Waals surface area contributed by atoms with Crippen LogP contribution in [0, 0.1) is 0 Å². The van der Waals surface area contributed by atoms with Crippen molar-refractivity contribution in [1.29, 1.82) is 0 Å². The first-order chi connectivity index (χ1) is 18.2. The Hall–Kier alpha value is -2.44. The van der Waals surface area contributed by atoms with Crippen LogP contribution >= 0.6 is 25.0 Å². The molecule has 4 amide bonds. The van der Waals surface area contributed by atoms with Crippen LogP contribution in [0.2, 0.25) is 0 Å². The summed E-state index contributed by atoms with van der Waals surface area (Å²) >= 11 is 3.98. The van der Waals surface area contributed by atoms with Gasteiger partial charge in [-0.2, -0.15) is 4.28 Å². The summed E-state index contributed by atoms with van der Waals surface area (Å²) in [6.07, 6.45) is 1.93. The first kappa shape index (κ1) is 35.6. The molecule has 2 unspecified atom stereocenters. The molecular formula is C21H36N4O11S2. The molecular weight excluding hydrogens is 548 g/mol. The van der Waals surface area contributed by atoms with E-state index in [1.807, 2.05) is 5.48 Å². The molecule has 0 aromatic heterocycles. The first-order valence-electron chi connectivity index (χ1n) is 11.8. The third kappa shape index (κ3) is 21.6. The van der Waals surface area contributed by atoms with Gasteiger partial charge in [-0.1, -0.05) is 26.0 Å². The average molecular weight is 585 g/mol. The molecule has 15 nitrogen and oxygen atoms in total. The monoisotopic (exact) mass is 584 g/mol. The van der Waals surface area contributed by atoms with Gasteiger partial charge in [-0.05, 0) is 19.3 Å². The molecule has 0 saturated heterocycles. The molecule has 0 heterocycles. The largest absolute Gasteiger partial charge is 0.480 e. The van der Waals surface area contributed by atoms with Crippen molar-refractivity contribution in [2.24, 2.45) is 0 Å². The van der Waals surface area contributed by atoms with Crippen molar-refractivity contribution >= 4 is 60.2 Å². The molecule has 0 aliphatic rings. The number of aldehydes is 1. The van der Waals surface area contributed by atoms with Gasteiger partial charge < -0.3 is 35.3 Å². The second-order valence-corrected chi connectivity index (χ2v) is 8.54. The molecule has 0 aromatic rings. The van der Waals surface area contributed by atoms with Gasteiger partial charge in [0.05, 0.1) is 32.5 Å². The van der Waals surface area contributed by atoms with E-state index in [1.54, 1.807) is 6.92 Å². The second-order valence-electron chi connectivity index (χ2n) is 7.59. The van der Waals surface area contributed by atoms with Gasteiger partial charge in [0.2, 0.25) is 17.7 Å². The van der Waals surface area contributed by atoms with Crippen LogP contribution in [0.4, 0.5) is 4.79 Å². The van der Waals surface area contributed by atoms with Crippen LogP contribution in [0.1, 0.15) is 45.4 Å². The van der Waals surface area contributed by atoms with Gasteiger partial charge in [-0.3, -0.25) is 23.4 Å². The third-order valence-electron chi connectivity index (χ3n) is 4.42. The summed E-state index contributed by atoms with van der Waals surface area (Å²) in [5, 5.41) is 15.9. The number of hydrogen-bond donors (Lipinski definition) is 6. The summed E-state index contributed by atoms with van der Waals surface area (Å²) in [6.45, 7) is 2.52. The fourth-order valence-corrected chi connectivity index (χ4v) is 3.11. The average Bonchev–Trinajstić information content (AvgIpc) is 2.86. The smallest absolute Gasteiger partial charge is 0.326 e. The zero-order valence-corrected chi connectivity index (χ0v) is 22.8. The number of carbonyl (C=O) groups is 6. The zero-order chi connectivity index (χ0) is 28.6. The first-order valence-corrected chi connectivity index (χ1v) is 12.9. The Morgan fingerprint density at radius 2 is 1.68 bits per heavy atom. The molecule has 218 valence electrons. The molecule has 0 fully saturated rings. The molecule has 0 bridgehead atoms. The lowest BCUT2D eigenvalue weighted by atomic mass is 10.1. The molecule has 17 heteroatoms. The lowest BCUT2D eigenvalue weighted by Crippen LogP contribution is -2.42. The number of thiol groups is 1. The van der Waals surface area contributed by atoms with Gasteiger partial charge in [0.15, 0.2) is 12.3 Å². The number of carbonyl (C=O) groups excluding carboxylic acids is 5. The molecule has 2 atom stereocenters. The van der Waals surface area contributed by atoms with E-state index in [1.165, 1.54) is 0 Å². The quantitative estimate of drug-likeness (QED) is 0.0289. The SMILES string of the molecule is CCCC(NC(=O)CCC(C=O)NC(=O)COCCOCCNC(=O)CCCOSONC(=O)S)C(=O)O. The highest BCUT2D eigenvalue weighted by Crippen LogP contribution is 2.04. The molecule has 0 aliphatic heterocycles. The second kappa shape index (κ2) is 23.7. The van der Waals surface area contributed by atoms with E-state index < -0.39 is 35.1 Å². The molecule has 38 heavy (non-hydrogen) atoms. The highest BCUT2D eigenvalue weighted by atomic mass is 32.2. The van der Waals surface area contributed by atoms with E-state index in [0.717, 1.165) is 0 Å². The Bertz CT molecular complexity index is 746. The third-order valence-corrected chi connectivity index (χ3v) is 4.93. The van der Waals surface area contributed by atoms with E-state index in [0.29, 0.717) is 37.9 Å². The van der Waals surface area contributed by atoms with Crippen molar-refractivity contribution in [3.63, 3.8) is 0 Å². The topological polar surface area (TPSA) is 208 Å². The van der Waals surface area contributed by atoms with Crippen molar-refractivity contribution in [2.45, 2.75) is 57.5 Å². The van der Waals surface area contributed by atoms with Crippen molar-refractivity contribution in [2.75, 3.05) is 39.6 Å². The summed E-state index contributed by atoms with van der Waals surface area (Å²) in [5.74, 6) is -2.39. The number of amides is 4. The minimum atomic E-state index is -1.13. The number of carboxylic acid groups (broad SMARTS) is 1. The number of rotatable bonds is 24. The summed E-state index contributed by atoms with van der Waals surface area (Å²) < 4.78 is 19.9. The van der Waals surface area contributed by atoms with Crippen molar-refractivity contribution in [1.82, 2.24) is 21.4 Å². The maximum Gasteiger partial charge on any atom is 0.326 e. The van der Waals surface area contributed by atoms with Gasteiger partial charge in [0.25, 0.3) is 0 Å². The van der Waals surface area contributed by atoms with E-state index in [9.17, 15) is 28.8 Å². The van der Waals surface area contributed by atoms with Crippen LogP contribution in [0.3, 0.4) is 0 Å². The highest BCUT2D eigenvalue weighted by molar-refractivity contribution is 7.96. The lowest BCUT2D eigenvalue weighted by molar-refractivity contribution is -0.142. The van der Waals surface area contributed by atoms with E-state index in [-0.39, 0.29) is 64.7 Å². The maximum atomic E-state index is 11.9. The van der Waals surface area contributed by atoms with E-state index in [2.05, 4.69) is 32.9 Å². The Morgan fingerprint density at radius 3 is 2.34 bits per heavy atom. The summed E-state index contributed by atoms with van der Waals surface area (Å²) in [7, 11) is 0. The van der Waals surface area contributed by atoms with Crippen LogP contribution in [0.5, 0.6) is 0 Å². The van der Waals surface area contributed by atoms with Crippen LogP contribution in [-0.2, 0) is 41.9 Å². The molecule has 0 radical (unpaired) electrons. The molecule has 0 aromatic carbocycles. The predicted molar refractivity (Wildman–Crippen MR) is 138 cm³/mol. The zero-order valence-electron chi connectivity index (χ0n) is 21.1. The van der Waals surface area contributed by atoms with Crippen molar-refractivity contribution < 1.29 is 51.8 Å². The van der Waals surface area contributed by atoms with Gasteiger partial charge in [-0.25, -0.2) is 10.3 Å². The summed E-state index contributed by atoms with van der Waals surface area (Å²) in [4.78, 5) is 68.2. The fraction of sp³-hybridized carbons (Fsp3) is 0.714. The van der Waals surface area contributed by atoms with Gasteiger partial charge in [0.1, 0.15) is 18.9 Å². The Kier molecular flexibility index (Phi) is 22.1. The van der Waals surface area contributed by atoms with Crippen molar-refractivity contribution in [3.05, 3.63) is 0 Å². The van der Waals surface area contributed by atoms with Crippen molar-refractivity contribution in [3.8, 4) is 0 Å². The number of hydrogen-bond acceptors (Lipinski definition) is 11. The number of nitrogens with one attached hydrogen (secondary N) is 4. The van der Waals surface area contributed by atoms with Gasteiger partial charge in [-0.15, -0.1) is 0 Å². The Labute approximate surface area is 230 Å². The highest BCUT2D eigenvalue weighted by Gasteiger charge is 2.20. The number of hydroxylamine groups is 1. The normalized spacial score (nSPS) is 12.2. The standard InChI is InChI=1S/C21H36N4O11S2/c1-2-4-16(20(30)31)24-18(28)7-6-15(13-26)23-19(29)14-34-12-11-33-10-8-22-17(27)5-3-9-35-38-36-25-21(32)37/h13,15-16H,2-12,14H2,1H3,(H,22,27)(H,23,29)(H,24,28)(H,30,31)(H2,25,32,37). The minimum absolute atomic E-state index is 0.0187. The predicted octanol–water partition coefficient (Wildman–Crippen LogP) is -0.0998. The van der Waals surface area contributed by atoms with Gasteiger partial charge >= 0.3 is 11.2 Å². The number of aliphatic carboxylic acids is 1. The maximum absolute atomic E-state index is 11.9. The molecule has 0 spiro atoms. The molecule has 5 N–H and O–H groups in total. The van der Waals surface area contributed by atoms with Crippen LogP contribution in [-0.4, -0.2) is 92.0 Å². The Balaban J connectivity index is 3.76. The molecule has 0 rings (SSSR count). The minimum Gasteiger partial charge on any atom is -0.480 e. The summed E-state index contributed by atoms with van der Waals surface area (Å²) in [5.41, 5.74) is 1.93. The molecule has 0 aliphatic carbocycles. The van der Waals surface area contributed by atoms with E-state index in [4.69, 9.17) is 18.8 Å². The lowest BCUT2D eigenvalue weighted by Gasteiger charge is -2.15.